The highest BCUT2D eigenvalue weighted by Crippen LogP contribution is 2.24. The van der Waals surface area contributed by atoms with E-state index in [1.54, 1.807) is 0 Å². The molecule has 0 saturated carbocycles. The van der Waals surface area contributed by atoms with Crippen molar-refractivity contribution in [1.82, 2.24) is 10.6 Å². The lowest BCUT2D eigenvalue weighted by Gasteiger charge is -2.34. The first-order chi connectivity index (χ1) is 8.20. The number of carbonyl (C=O) groups excluding carboxylic acids is 1. The smallest absolute Gasteiger partial charge is 0.223 e. The summed E-state index contributed by atoms with van der Waals surface area (Å²) < 4.78 is 5.27. The van der Waals surface area contributed by atoms with Gasteiger partial charge in [0.05, 0.1) is 0 Å². The summed E-state index contributed by atoms with van der Waals surface area (Å²) in [5.41, 5.74) is 0.235. The molecule has 0 aromatic heterocycles. The Morgan fingerprint density at radius 3 is 2.78 bits per heavy atom. The number of hydrogen-bond acceptors (Lipinski definition) is 3. The number of halogens is 1. The monoisotopic (exact) mass is 276 g/mol. The van der Waals surface area contributed by atoms with Gasteiger partial charge in [0.2, 0.25) is 5.91 Å². The Balaban J connectivity index is 0.00000162. The molecule has 18 heavy (non-hydrogen) atoms. The fourth-order valence-corrected chi connectivity index (χ4v) is 2.67. The van der Waals surface area contributed by atoms with Crippen molar-refractivity contribution < 1.29 is 9.53 Å². The highest BCUT2D eigenvalue weighted by molar-refractivity contribution is 5.85. The summed E-state index contributed by atoms with van der Waals surface area (Å²) in [5, 5.41) is 6.54. The number of ether oxygens (including phenoxy) is 1. The number of rotatable bonds is 3. The second kappa shape index (κ2) is 7.31. The largest absolute Gasteiger partial charge is 0.381 e. The Hall–Kier alpha value is -0.320. The molecule has 2 rings (SSSR count). The van der Waals surface area contributed by atoms with Gasteiger partial charge in [-0.05, 0) is 37.6 Å². The zero-order valence-electron chi connectivity index (χ0n) is 11.2. The van der Waals surface area contributed by atoms with E-state index in [0.29, 0.717) is 0 Å². The molecule has 5 heteroatoms. The normalized spacial score (nSPS) is 29.4. The van der Waals surface area contributed by atoms with Gasteiger partial charge < -0.3 is 15.4 Å². The summed E-state index contributed by atoms with van der Waals surface area (Å²) in [6.07, 6.45) is 4.17. The molecule has 0 aliphatic carbocycles. The van der Waals surface area contributed by atoms with E-state index in [4.69, 9.17) is 4.74 Å². The summed E-state index contributed by atoms with van der Waals surface area (Å²) in [7, 11) is 0. The fraction of sp³-hybridized carbons (Fsp3) is 0.923. The van der Waals surface area contributed by atoms with E-state index in [1.165, 1.54) is 12.8 Å². The second-order valence-corrected chi connectivity index (χ2v) is 5.70. The number of carbonyl (C=O) groups is 1. The van der Waals surface area contributed by atoms with Crippen molar-refractivity contribution in [3.05, 3.63) is 0 Å². The molecule has 2 heterocycles. The molecule has 1 amide bonds. The lowest BCUT2D eigenvalue weighted by molar-refractivity contribution is -0.128. The minimum Gasteiger partial charge on any atom is -0.381 e. The predicted octanol–water partition coefficient (Wildman–Crippen LogP) is 1.34. The van der Waals surface area contributed by atoms with Crippen LogP contribution < -0.4 is 10.6 Å². The lowest BCUT2D eigenvalue weighted by Crippen LogP contribution is -2.47. The van der Waals surface area contributed by atoms with Crippen LogP contribution in [0.4, 0.5) is 0 Å². The SMILES string of the molecule is CC1(CNC(=O)C2CCOCC2)CCCNC1.Cl. The topological polar surface area (TPSA) is 50.4 Å². The van der Waals surface area contributed by atoms with Crippen molar-refractivity contribution >= 4 is 18.3 Å². The van der Waals surface area contributed by atoms with Gasteiger partial charge in [-0.2, -0.15) is 0 Å². The van der Waals surface area contributed by atoms with Crippen LogP contribution in [-0.2, 0) is 9.53 Å². The third kappa shape index (κ3) is 4.41. The number of piperidine rings is 1. The van der Waals surface area contributed by atoms with Gasteiger partial charge in [-0.25, -0.2) is 0 Å². The van der Waals surface area contributed by atoms with Crippen LogP contribution in [0.25, 0.3) is 0 Å². The zero-order chi connectivity index (χ0) is 12.1. The molecular weight excluding hydrogens is 252 g/mol. The molecule has 4 nitrogen and oxygen atoms in total. The first-order valence-electron chi connectivity index (χ1n) is 6.76. The molecular formula is C13H25ClN2O2. The average Bonchev–Trinajstić information content (AvgIpc) is 2.38. The Labute approximate surface area is 116 Å². The van der Waals surface area contributed by atoms with E-state index in [2.05, 4.69) is 17.6 Å². The van der Waals surface area contributed by atoms with Gasteiger partial charge in [-0.3, -0.25) is 4.79 Å². The van der Waals surface area contributed by atoms with Gasteiger partial charge in [0.25, 0.3) is 0 Å². The van der Waals surface area contributed by atoms with Crippen LogP contribution in [0.2, 0.25) is 0 Å². The predicted molar refractivity (Wildman–Crippen MR) is 74.0 cm³/mol. The summed E-state index contributed by atoms with van der Waals surface area (Å²) >= 11 is 0. The van der Waals surface area contributed by atoms with Gasteiger partial charge in [0.1, 0.15) is 0 Å². The Morgan fingerprint density at radius 2 is 2.17 bits per heavy atom. The fourth-order valence-electron chi connectivity index (χ4n) is 2.67. The minimum atomic E-state index is 0. The van der Waals surface area contributed by atoms with Crippen LogP contribution in [0.3, 0.4) is 0 Å². The first kappa shape index (κ1) is 15.7. The first-order valence-corrected chi connectivity index (χ1v) is 6.76. The average molecular weight is 277 g/mol. The highest BCUT2D eigenvalue weighted by atomic mass is 35.5. The maximum absolute atomic E-state index is 12.0. The molecule has 2 aliphatic heterocycles. The number of hydrogen-bond donors (Lipinski definition) is 2. The van der Waals surface area contributed by atoms with Crippen molar-refractivity contribution in [2.24, 2.45) is 11.3 Å². The molecule has 0 spiro atoms. The molecule has 0 aromatic carbocycles. The summed E-state index contributed by atoms with van der Waals surface area (Å²) in [5.74, 6) is 0.393. The Bertz CT molecular complexity index is 262. The molecule has 2 saturated heterocycles. The standard InChI is InChI=1S/C13H24N2O2.ClH/c1-13(5-2-6-14-9-13)10-15-12(16)11-3-7-17-8-4-11;/h11,14H,2-10H2,1H3,(H,15,16);1H. The van der Waals surface area contributed by atoms with E-state index in [0.717, 1.165) is 45.7 Å². The maximum Gasteiger partial charge on any atom is 0.223 e. The van der Waals surface area contributed by atoms with Gasteiger partial charge in [-0.1, -0.05) is 6.92 Å². The van der Waals surface area contributed by atoms with Crippen LogP contribution in [0, 0.1) is 11.3 Å². The quantitative estimate of drug-likeness (QED) is 0.818. The van der Waals surface area contributed by atoms with Crippen molar-refractivity contribution in [3.63, 3.8) is 0 Å². The van der Waals surface area contributed by atoms with E-state index in [9.17, 15) is 4.79 Å². The summed E-state index contributed by atoms with van der Waals surface area (Å²) in [4.78, 5) is 12.0. The van der Waals surface area contributed by atoms with Crippen molar-refractivity contribution in [3.8, 4) is 0 Å². The molecule has 2 N–H and O–H groups in total. The van der Waals surface area contributed by atoms with E-state index >= 15 is 0 Å². The van der Waals surface area contributed by atoms with E-state index < -0.39 is 0 Å². The maximum atomic E-state index is 12.0. The second-order valence-electron chi connectivity index (χ2n) is 5.70. The minimum absolute atomic E-state index is 0. The molecule has 0 radical (unpaired) electrons. The Morgan fingerprint density at radius 1 is 1.44 bits per heavy atom. The molecule has 106 valence electrons. The van der Waals surface area contributed by atoms with E-state index in [1.807, 2.05) is 0 Å². The van der Waals surface area contributed by atoms with Crippen LogP contribution >= 0.6 is 12.4 Å². The molecule has 1 atom stereocenters. The summed E-state index contributed by atoms with van der Waals surface area (Å²) in [6, 6.07) is 0. The van der Waals surface area contributed by atoms with Crippen LogP contribution in [0.1, 0.15) is 32.6 Å². The highest BCUT2D eigenvalue weighted by Gasteiger charge is 2.28. The van der Waals surface area contributed by atoms with E-state index in [-0.39, 0.29) is 29.6 Å². The van der Waals surface area contributed by atoms with Gasteiger partial charge in [0, 0.05) is 32.2 Å². The Kier molecular flexibility index (Phi) is 6.39. The van der Waals surface area contributed by atoms with Gasteiger partial charge in [0.15, 0.2) is 0 Å². The zero-order valence-corrected chi connectivity index (χ0v) is 12.0. The van der Waals surface area contributed by atoms with Crippen LogP contribution in [-0.4, -0.2) is 38.8 Å². The third-order valence-corrected chi connectivity index (χ3v) is 3.97. The third-order valence-electron chi connectivity index (χ3n) is 3.97. The molecule has 2 fully saturated rings. The van der Waals surface area contributed by atoms with Gasteiger partial charge in [-0.15, -0.1) is 12.4 Å². The molecule has 0 aromatic rings. The molecule has 2 aliphatic rings. The molecule has 1 unspecified atom stereocenters. The summed E-state index contributed by atoms with van der Waals surface area (Å²) in [6.45, 7) is 6.65. The van der Waals surface area contributed by atoms with Crippen LogP contribution in [0.15, 0.2) is 0 Å². The molecule has 0 bridgehead atoms. The lowest BCUT2D eigenvalue weighted by atomic mass is 9.82. The van der Waals surface area contributed by atoms with Crippen molar-refractivity contribution in [1.29, 1.82) is 0 Å². The van der Waals surface area contributed by atoms with Crippen molar-refractivity contribution in [2.75, 3.05) is 32.8 Å². The van der Waals surface area contributed by atoms with Crippen LogP contribution in [0.5, 0.6) is 0 Å². The number of amides is 1. The van der Waals surface area contributed by atoms with Crippen molar-refractivity contribution in [2.45, 2.75) is 32.6 Å². The van der Waals surface area contributed by atoms with Gasteiger partial charge >= 0.3 is 0 Å². The number of nitrogens with one attached hydrogen (secondary N) is 2.